The van der Waals surface area contributed by atoms with Crippen molar-refractivity contribution in [2.24, 2.45) is 0 Å². The van der Waals surface area contributed by atoms with Gasteiger partial charge in [-0.15, -0.1) is 0 Å². The van der Waals surface area contributed by atoms with Crippen LogP contribution in [0.2, 0.25) is 0 Å². The molecule has 114 valence electrons. The van der Waals surface area contributed by atoms with E-state index in [1.807, 2.05) is 13.0 Å². The second-order valence-corrected chi connectivity index (χ2v) is 5.31. The van der Waals surface area contributed by atoms with E-state index in [-0.39, 0.29) is 5.82 Å². The van der Waals surface area contributed by atoms with Crippen LogP contribution in [0.25, 0.3) is 0 Å². The summed E-state index contributed by atoms with van der Waals surface area (Å²) in [7, 11) is 4.13. The maximum atomic E-state index is 14.1. The number of nitrogens with one attached hydrogen (secondary N) is 1. The Balaban J connectivity index is 2.95. The Hall–Kier alpha value is -1.13. The molecular weight excluding hydrogens is 253 g/mol. The second kappa shape index (κ2) is 8.93. The molecule has 0 radical (unpaired) electrons. The maximum absolute atomic E-state index is 14.1. The van der Waals surface area contributed by atoms with E-state index in [0.717, 1.165) is 43.9 Å². The van der Waals surface area contributed by atoms with Gasteiger partial charge in [-0.3, -0.25) is 0 Å². The molecule has 0 spiro atoms. The number of anilines is 1. The quantitative estimate of drug-likeness (QED) is 0.751. The Morgan fingerprint density at radius 2 is 1.85 bits per heavy atom. The number of nitrogens with zero attached hydrogens (tertiary/aromatic N) is 2. The van der Waals surface area contributed by atoms with Crippen LogP contribution in [0.15, 0.2) is 18.2 Å². The van der Waals surface area contributed by atoms with E-state index in [2.05, 4.69) is 36.1 Å². The Bertz CT molecular complexity index is 393. The summed E-state index contributed by atoms with van der Waals surface area (Å²) in [4.78, 5) is 4.45. The highest BCUT2D eigenvalue weighted by molar-refractivity contribution is 5.54. The molecule has 0 aromatic heterocycles. The molecule has 0 saturated heterocycles. The number of likely N-dealkylation sites (N-methyl/N-ethyl adjacent to an activating group) is 1. The van der Waals surface area contributed by atoms with Gasteiger partial charge in [-0.05, 0) is 39.2 Å². The van der Waals surface area contributed by atoms with Gasteiger partial charge in [-0.1, -0.05) is 19.9 Å². The highest BCUT2D eigenvalue weighted by Gasteiger charge is 2.14. The van der Waals surface area contributed by atoms with Crippen LogP contribution in [0.4, 0.5) is 10.1 Å². The van der Waals surface area contributed by atoms with Crippen molar-refractivity contribution in [2.75, 3.05) is 45.2 Å². The van der Waals surface area contributed by atoms with Gasteiger partial charge in [0.05, 0.1) is 0 Å². The van der Waals surface area contributed by atoms with Gasteiger partial charge in [0.2, 0.25) is 0 Å². The van der Waals surface area contributed by atoms with E-state index >= 15 is 0 Å². The van der Waals surface area contributed by atoms with Crippen LogP contribution in [0.3, 0.4) is 0 Å². The van der Waals surface area contributed by atoms with Gasteiger partial charge in [0, 0.05) is 37.4 Å². The van der Waals surface area contributed by atoms with E-state index in [1.54, 1.807) is 12.1 Å². The standard InChI is InChI=1S/C16H28FN3/c1-5-10-20(12-11-19(3)4)16-9-7-8-15(17)14(16)13-18-6-2/h7-9,18H,5-6,10-13H2,1-4H3. The Morgan fingerprint density at radius 1 is 1.10 bits per heavy atom. The van der Waals surface area contributed by atoms with Crippen LogP contribution >= 0.6 is 0 Å². The summed E-state index contributed by atoms with van der Waals surface area (Å²) >= 11 is 0. The van der Waals surface area contributed by atoms with E-state index in [1.165, 1.54) is 0 Å². The molecule has 0 fully saturated rings. The van der Waals surface area contributed by atoms with Gasteiger partial charge in [-0.25, -0.2) is 4.39 Å². The van der Waals surface area contributed by atoms with Gasteiger partial charge in [0.25, 0.3) is 0 Å². The fourth-order valence-electron chi connectivity index (χ4n) is 2.21. The third-order valence-electron chi connectivity index (χ3n) is 3.30. The summed E-state index contributed by atoms with van der Waals surface area (Å²) in [5.74, 6) is -0.116. The van der Waals surface area contributed by atoms with Gasteiger partial charge >= 0.3 is 0 Å². The summed E-state index contributed by atoms with van der Waals surface area (Å²) in [5.41, 5.74) is 1.80. The molecule has 1 rings (SSSR count). The second-order valence-electron chi connectivity index (χ2n) is 5.31. The first-order valence-corrected chi connectivity index (χ1v) is 7.47. The number of halogens is 1. The lowest BCUT2D eigenvalue weighted by Gasteiger charge is -2.28. The zero-order valence-corrected chi connectivity index (χ0v) is 13.2. The molecule has 0 amide bonds. The van der Waals surface area contributed by atoms with Gasteiger partial charge in [0.1, 0.15) is 5.82 Å². The predicted octanol–water partition coefficient (Wildman–Crippen LogP) is 2.71. The van der Waals surface area contributed by atoms with E-state index in [4.69, 9.17) is 0 Å². The summed E-state index contributed by atoms with van der Waals surface area (Å²) in [6.07, 6.45) is 1.06. The lowest BCUT2D eigenvalue weighted by molar-refractivity contribution is 0.412. The molecule has 0 aliphatic heterocycles. The first-order chi connectivity index (χ1) is 9.60. The summed E-state index contributed by atoms with van der Waals surface area (Å²) in [6.45, 7) is 8.47. The number of hydrogen-bond donors (Lipinski definition) is 1. The number of hydrogen-bond acceptors (Lipinski definition) is 3. The Morgan fingerprint density at radius 3 is 2.45 bits per heavy atom. The molecule has 0 unspecified atom stereocenters. The fourth-order valence-corrected chi connectivity index (χ4v) is 2.21. The molecule has 0 heterocycles. The molecule has 1 aromatic carbocycles. The first-order valence-electron chi connectivity index (χ1n) is 7.47. The monoisotopic (exact) mass is 281 g/mol. The van der Waals surface area contributed by atoms with Crippen molar-refractivity contribution in [3.63, 3.8) is 0 Å². The fraction of sp³-hybridized carbons (Fsp3) is 0.625. The van der Waals surface area contributed by atoms with Crippen molar-refractivity contribution < 1.29 is 4.39 Å². The van der Waals surface area contributed by atoms with E-state index in [9.17, 15) is 4.39 Å². The molecule has 0 atom stereocenters. The third-order valence-corrected chi connectivity index (χ3v) is 3.30. The Kier molecular flexibility index (Phi) is 7.55. The van der Waals surface area contributed by atoms with E-state index < -0.39 is 0 Å². The zero-order valence-electron chi connectivity index (χ0n) is 13.2. The molecule has 1 N–H and O–H groups in total. The average Bonchev–Trinajstić information content (AvgIpc) is 2.42. The van der Waals surface area contributed by atoms with Crippen molar-refractivity contribution >= 4 is 5.69 Å². The van der Waals surface area contributed by atoms with Crippen molar-refractivity contribution in [2.45, 2.75) is 26.8 Å². The summed E-state index contributed by atoms with van der Waals surface area (Å²) in [5, 5.41) is 3.23. The van der Waals surface area contributed by atoms with Crippen molar-refractivity contribution in [3.8, 4) is 0 Å². The van der Waals surface area contributed by atoms with Gasteiger partial charge in [0.15, 0.2) is 0 Å². The van der Waals surface area contributed by atoms with Crippen LogP contribution in [0, 0.1) is 5.82 Å². The zero-order chi connectivity index (χ0) is 15.0. The third kappa shape index (κ3) is 5.10. The van der Waals surface area contributed by atoms with Gasteiger partial charge < -0.3 is 15.1 Å². The minimum absolute atomic E-state index is 0.116. The maximum Gasteiger partial charge on any atom is 0.129 e. The largest absolute Gasteiger partial charge is 0.370 e. The van der Waals surface area contributed by atoms with E-state index in [0.29, 0.717) is 6.54 Å². The average molecular weight is 281 g/mol. The van der Waals surface area contributed by atoms with Gasteiger partial charge in [-0.2, -0.15) is 0 Å². The molecule has 3 nitrogen and oxygen atoms in total. The van der Waals surface area contributed by atoms with Crippen molar-refractivity contribution in [1.29, 1.82) is 0 Å². The number of benzene rings is 1. The molecule has 0 bridgehead atoms. The molecule has 0 saturated carbocycles. The lowest BCUT2D eigenvalue weighted by Crippen LogP contribution is -2.33. The van der Waals surface area contributed by atoms with Crippen LogP contribution in [-0.2, 0) is 6.54 Å². The molecule has 0 aliphatic carbocycles. The highest BCUT2D eigenvalue weighted by Crippen LogP contribution is 2.23. The van der Waals surface area contributed by atoms with Crippen LogP contribution in [-0.4, -0.2) is 45.2 Å². The molecule has 4 heteroatoms. The normalized spacial score (nSPS) is 11.1. The Labute approximate surface area is 122 Å². The van der Waals surface area contributed by atoms with Crippen LogP contribution < -0.4 is 10.2 Å². The highest BCUT2D eigenvalue weighted by atomic mass is 19.1. The van der Waals surface area contributed by atoms with Crippen molar-refractivity contribution in [3.05, 3.63) is 29.6 Å². The lowest BCUT2D eigenvalue weighted by atomic mass is 10.1. The molecule has 1 aromatic rings. The minimum atomic E-state index is -0.116. The van der Waals surface area contributed by atoms with Crippen LogP contribution in [0.1, 0.15) is 25.8 Å². The smallest absolute Gasteiger partial charge is 0.129 e. The predicted molar refractivity (Wildman–Crippen MR) is 84.8 cm³/mol. The minimum Gasteiger partial charge on any atom is -0.370 e. The molecule has 0 aliphatic rings. The number of rotatable bonds is 9. The molecule has 20 heavy (non-hydrogen) atoms. The van der Waals surface area contributed by atoms with Crippen molar-refractivity contribution in [1.82, 2.24) is 10.2 Å². The SMILES string of the molecule is CCCN(CCN(C)C)c1cccc(F)c1CNCC. The molecular formula is C16H28FN3. The topological polar surface area (TPSA) is 18.5 Å². The summed E-state index contributed by atoms with van der Waals surface area (Å²) < 4.78 is 14.1. The summed E-state index contributed by atoms with van der Waals surface area (Å²) in [6, 6.07) is 5.38. The van der Waals surface area contributed by atoms with Crippen LogP contribution in [0.5, 0.6) is 0 Å². The first kappa shape index (κ1) is 16.9.